The first kappa shape index (κ1) is 48.1. The van der Waals surface area contributed by atoms with Gasteiger partial charge in [0.2, 0.25) is 0 Å². The Bertz CT molecular complexity index is 4010. The largest absolute Gasteiger partial charge is 0.508 e. The average molecular weight is 1020 g/mol. The van der Waals surface area contributed by atoms with Crippen LogP contribution in [0.15, 0.2) is 231 Å². The van der Waals surface area contributed by atoms with Gasteiger partial charge in [0.25, 0.3) is 0 Å². The third-order valence-corrected chi connectivity index (χ3v) is 15.0. The molecule has 0 fully saturated rings. The summed E-state index contributed by atoms with van der Waals surface area (Å²) in [5.74, 6) is 5.04. The normalized spacial score (nSPS) is 12.6. The van der Waals surface area contributed by atoms with Gasteiger partial charge in [-0.1, -0.05) is 158 Å². The monoisotopic (exact) mass is 1020 g/mol. The molecule has 380 valence electrons. The molecule has 0 saturated carbocycles. The molecule has 0 atom stereocenters. The van der Waals surface area contributed by atoms with E-state index in [0.717, 1.165) is 111 Å². The molecule has 4 N–H and O–H groups in total. The van der Waals surface area contributed by atoms with Crippen molar-refractivity contribution in [1.29, 1.82) is 0 Å². The number of fused-ring (bicyclic) bond motifs is 12. The number of aliphatic hydroxyl groups is 2. The molecule has 0 saturated heterocycles. The number of benzene rings is 12. The number of aromatic hydroxyl groups is 2. The first-order valence-corrected chi connectivity index (χ1v) is 26.2. The van der Waals surface area contributed by atoms with Gasteiger partial charge in [0.1, 0.15) is 59.2 Å². The van der Waals surface area contributed by atoms with E-state index in [4.69, 9.17) is 18.9 Å². The lowest BCUT2D eigenvalue weighted by atomic mass is 9.78. The molecular weight excluding hydrogens is 969 g/mol. The van der Waals surface area contributed by atoms with Gasteiger partial charge in [-0.05, 0) is 149 Å². The summed E-state index contributed by atoms with van der Waals surface area (Å²) in [6, 6.07) is 77.6. The molecule has 0 bridgehead atoms. The first-order valence-electron chi connectivity index (χ1n) is 26.2. The lowest BCUT2D eigenvalue weighted by Crippen LogP contribution is -2.13. The molecule has 2 heterocycles. The molecule has 0 aliphatic carbocycles. The summed E-state index contributed by atoms with van der Waals surface area (Å²) in [6.07, 6.45) is 0. The second-order valence-electron chi connectivity index (χ2n) is 19.7. The Labute approximate surface area is 450 Å². The van der Waals surface area contributed by atoms with Gasteiger partial charge >= 0.3 is 0 Å². The fourth-order valence-corrected chi connectivity index (χ4v) is 11.5. The number of aliphatic hydroxyl groups excluding tert-OH is 2. The summed E-state index contributed by atoms with van der Waals surface area (Å²) in [4.78, 5) is 0. The number of phenols is 2. The van der Waals surface area contributed by atoms with Gasteiger partial charge in [-0.3, -0.25) is 0 Å². The standard InChI is InChI=1S/C37H30O5.C33H22O3/c38-18-20-40-29-12-14-31-27(22-29)10-16-33-36(31)35(26-8-6-25(7-9-26)24-4-2-1-3-5-24)37-32-15-13-30(41-21-19-39)23-28(32)11-17-34(37)42-33;34-25-12-14-27-23(18-25)10-16-29-32(27)31(22-8-6-21(7-9-22)20-4-2-1-3-5-20)33-28-15-13-26(35)19-24(28)11-17-30(33)36-29/h1-17,22-23,35,38-39H,18-21H2;1-19,31,34-35H. The predicted molar refractivity (Wildman–Crippen MR) is 310 cm³/mol. The van der Waals surface area contributed by atoms with Gasteiger partial charge in [-0.2, -0.15) is 0 Å². The smallest absolute Gasteiger partial charge is 0.132 e. The number of rotatable bonds is 10. The van der Waals surface area contributed by atoms with Crippen molar-refractivity contribution in [2.75, 3.05) is 26.4 Å². The highest BCUT2D eigenvalue weighted by Gasteiger charge is 2.34. The van der Waals surface area contributed by atoms with Crippen LogP contribution in [0.1, 0.15) is 45.2 Å². The molecular formula is C70H52O8. The van der Waals surface area contributed by atoms with Crippen molar-refractivity contribution in [2.24, 2.45) is 0 Å². The van der Waals surface area contributed by atoms with Gasteiger partial charge in [0.05, 0.1) is 13.2 Å². The molecule has 78 heavy (non-hydrogen) atoms. The summed E-state index contributed by atoms with van der Waals surface area (Å²) < 4.78 is 24.5. The molecule has 14 rings (SSSR count). The molecule has 12 aromatic rings. The zero-order valence-electron chi connectivity index (χ0n) is 42.3. The Hall–Kier alpha value is -9.60. The van der Waals surface area contributed by atoms with Gasteiger partial charge < -0.3 is 39.4 Å². The third-order valence-electron chi connectivity index (χ3n) is 15.0. The van der Waals surface area contributed by atoms with E-state index in [1.54, 1.807) is 24.3 Å². The van der Waals surface area contributed by atoms with Gasteiger partial charge in [0, 0.05) is 34.1 Å². The van der Waals surface area contributed by atoms with E-state index in [1.807, 2.05) is 84.9 Å². The number of hydrogen-bond donors (Lipinski definition) is 4. The van der Waals surface area contributed by atoms with Gasteiger partial charge in [-0.15, -0.1) is 0 Å². The maximum Gasteiger partial charge on any atom is 0.132 e. The first-order chi connectivity index (χ1) is 38.4. The number of ether oxygens (including phenoxy) is 4. The number of hydrogen-bond acceptors (Lipinski definition) is 8. The Kier molecular flexibility index (Phi) is 12.6. The Morgan fingerprint density at radius 2 is 0.641 bits per heavy atom. The summed E-state index contributed by atoms with van der Waals surface area (Å²) in [5, 5.41) is 47.0. The minimum Gasteiger partial charge on any atom is -0.508 e. The van der Waals surface area contributed by atoms with E-state index >= 15 is 0 Å². The lowest BCUT2D eigenvalue weighted by molar-refractivity contribution is 0.201. The Morgan fingerprint density at radius 1 is 0.321 bits per heavy atom. The van der Waals surface area contributed by atoms with E-state index in [1.165, 1.54) is 22.3 Å². The SMILES string of the molecule is OCCOc1ccc2c3c(ccc2c1)Oc1ccc2cc(OCCO)ccc2c1C3c1ccc(-c2ccccc2)cc1.Oc1ccc2c3c(ccc2c1)Oc1ccc2cc(O)ccc2c1C3c1ccc(-c2ccccc2)cc1. The van der Waals surface area contributed by atoms with Crippen molar-refractivity contribution >= 4 is 43.1 Å². The summed E-state index contributed by atoms with van der Waals surface area (Å²) in [7, 11) is 0. The van der Waals surface area contributed by atoms with Crippen molar-refractivity contribution in [3.8, 4) is 68.2 Å². The van der Waals surface area contributed by atoms with Crippen LogP contribution in [-0.4, -0.2) is 46.9 Å². The van der Waals surface area contributed by atoms with Crippen LogP contribution in [-0.2, 0) is 0 Å². The van der Waals surface area contributed by atoms with Crippen molar-refractivity contribution in [1.82, 2.24) is 0 Å². The second-order valence-corrected chi connectivity index (χ2v) is 19.7. The molecule has 0 unspecified atom stereocenters. The molecule has 2 aliphatic heterocycles. The average Bonchev–Trinajstić information content (AvgIpc) is 3.61. The van der Waals surface area contributed by atoms with Crippen molar-refractivity contribution in [2.45, 2.75) is 11.8 Å². The maximum atomic E-state index is 10.1. The van der Waals surface area contributed by atoms with Crippen molar-refractivity contribution < 1.29 is 39.4 Å². The van der Waals surface area contributed by atoms with Crippen LogP contribution in [0.2, 0.25) is 0 Å². The van der Waals surface area contributed by atoms with Gasteiger partial charge in [-0.25, -0.2) is 0 Å². The molecule has 12 aromatic carbocycles. The minimum absolute atomic E-state index is 0.0340. The van der Waals surface area contributed by atoms with E-state index < -0.39 is 0 Å². The summed E-state index contributed by atoms with van der Waals surface area (Å²) in [5.41, 5.74) is 11.4. The van der Waals surface area contributed by atoms with E-state index in [2.05, 4.69) is 121 Å². The van der Waals surface area contributed by atoms with E-state index in [9.17, 15) is 20.4 Å². The molecule has 8 heteroatoms. The van der Waals surface area contributed by atoms with E-state index in [-0.39, 0.29) is 49.8 Å². The molecule has 8 nitrogen and oxygen atoms in total. The molecule has 0 radical (unpaired) electrons. The molecule has 2 aliphatic rings. The highest BCUT2D eigenvalue weighted by atomic mass is 16.5. The Balaban J connectivity index is 0.000000150. The summed E-state index contributed by atoms with van der Waals surface area (Å²) >= 11 is 0. The van der Waals surface area contributed by atoms with Crippen LogP contribution in [0.25, 0.3) is 65.3 Å². The van der Waals surface area contributed by atoms with Crippen molar-refractivity contribution in [3.63, 3.8) is 0 Å². The topological polar surface area (TPSA) is 118 Å². The number of phenolic OH excluding ortho intramolecular Hbond substituents is 2. The second kappa shape index (κ2) is 20.5. The molecule has 0 spiro atoms. The minimum atomic E-state index is -0.0885. The van der Waals surface area contributed by atoms with Crippen LogP contribution < -0.4 is 18.9 Å². The summed E-state index contributed by atoms with van der Waals surface area (Å²) in [6.45, 7) is 0.431. The quantitative estimate of drug-likeness (QED) is 0.107. The fraction of sp³-hybridized carbons (Fsp3) is 0.0857. The highest BCUT2D eigenvalue weighted by molar-refractivity contribution is 5.98. The van der Waals surface area contributed by atoms with E-state index in [0.29, 0.717) is 0 Å². The maximum absolute atomic E-state index is 10.1. The van der Waals surface area contributed by atoms with Crippen LogP contribution in [0.5, 0.6) is 46.0 Å². The molecule has 0 aromatic heterocycles. The van der Waals surface area contributed by atoms with Crippen molar-refractivity contribution in [3.05, 3.63) is 264 Å². The van der Waals surface area contributed by atoms with Crippen LogP contribution in [0, 0.1) is 0 Å². The third kappa shape index (κ3) is 8.92. The zero-order chi connectivity index (χ0) is 52.7. The fourth-order valence-electron chi connectivity index (χ4n) is 11.5. The van der Waals surface area contributed by atoms with Crippen LogP contribution in [0.4, 0.5) is 0 Å². The Morgan fingerprint density at radius 3 is 0.987 bits per heavy atom. The predicted octanol–water partition coefficient (Wildman–Crippen LogP) is 16.0. The lowest BCUT2D eigenvalue weighted by Gasteiger charge is -2.31. The highest BCUT2D eigenvalue weighted by Crippen LogP contribution is 2.55. The van der Waals surface area contributed by atoms with Crippen LogP contribution >= 0.6 is 0 Å². The van der Waals surface area contributed by atoms with Gasteiger partial charge in [0.15, 0.2) is 0 Å². The van der Waals surface area contributed by atoms with Crippen LogP contribution in [0.3, 0.4) is 0 Å². The molecule has 0 amide bonds. The zero-order valence-corrected chi connectivity index (χ0v) is 42.3.